The predicted molar refractivity (Wildman–Crippen MR) is 96.0 cm³/mol. The number of nitrogens with one attached hydrogen (secondary N) is 2. The summed E-state index contributed by atoms with van der Waals surface area (Å²) in [5, 5.41) is 6.72. The van der Waals surface area contributed by atoms with Crippen molar-refractivity contribution >= 4 is 41.7 Å². The SMILES string of the molecule is CN=C(NCC1(C)CCCO1)NCC(C)(C)SC.I. The Morgan fingerprint density at radius 1 is 1.42 bits per heavy atom. The summed E-state index contributed by atoms with van der Waals surface area (Å²) in [4.78, 5) is 4.25. The maximum Gasteiger partial charge on any atom is 0.191 e. The van der Waals surface area contributed by atoms with Crippen LogP contribution in [0.2, 0.25) is 0 Å². The molecule has 1 saturated heterocycles. The van der Waals surface area contributed by atoms with Crippen LogP contribution in [0.25, 0.3) is 0 Å². The highest BCUT2D eigenvalue weighted by Gasteiger charge is 2.29. The molecule has 0 aromatic heterocycles. The van der Waals surface area contributed by atoms with Crippen LogP contribution < -0.4 is 10.6 Å². The number of hydrogen-bond acceptors (Lipinski definition) is 3. The fraction of sp³-hybridized carbons (Fsp3) is 0.923. The molecule has 0 saturated carbocycles. The molecule has 0 bridgehead atoms. The number of nitrogens with zero attached hydrogens (tertiary/aromatic N) is 1. The first-order valence-electron chi connectivity index (χ1n) is 6.54. The summed E-state index contributed by atoms with van der Waals surface area (Å²) in [5.41, 5.74) is -0.0351. The maximum atomic E-state index is 5.75. The number of aliphatic imine (C=N–C) groups is 1. The zero-order chi connectivity index (χ0) is 13.6. The first kappa shape index (κ1) is 19.3. The third kappa shape index (κ3) is 7.04. The van der Waals surface area contributed by atoms with Crippen molar-refractivity contribution in [3.05, 3.63) is 0 Å². The van der Waals surface area contributed by atoms with Gasteiger partial charge in [-0.05, 0) is 39.9 Å². The lowest BCUT2D eigenvalue weighted by atomic mass is 10.0. The van der Waals surface area contributed by atoms with Gasteiger partial charge >= 0.3 is 0 Å². The molecule has 0 spiro atoms. The van der Waals surface area contributed by atoms with Gasteiger partial charge in [0.05, 0.1) is 5.60 Å². The van der Waals surface area contributed by atoms with Gasteiger partial charge in [-0.15, -0.1) is 24.0 Å². The van der Waals surface area contributed by atoms with Gasteiger partial charge in [-0.2, -0.15) is 11.8 Å². The van der Waals surface area contributed by atoms with Crippen LogP contribution in [0.1, 0.15) is 33.6 Å². The Bertz CT molecular complexity index is 292. The lowest BCUT2D eigenvalue weighted by Crippen LogP contribution is -2.48. The molecule has 0 amide bonds. The third-order valence-corrected chi connectivity index (χ3v) is 4.64. The zero-order valence-electron chi connectivity index (χ0n) is 12.7. The maximum absolute atomic E-state index is 5.75. The fourth-order valence-corrected chi connectivity index (χ4v) is 2.05. The summed E-state index contributed by atoms with van der Waals surface area (Å²) in [7, 11) is 1.80. The van der Waals surface area contributed by atoms with Crippen LogP contribution in [0.4, 0.5) is 0 Å². The average Bonchev–Trinajstić information content (AvgIpc) is 2.77. The first-order chi connectivity index (χ1) is 8.41. The summed E-state index contributed by atoms with van der Waals surface area (Å²) < 4.78 is 5.97. The molecule has 0 aliphatic carbocycles. The minimum Gasteiger partial charge on any atom is -0.373 e. The number of guanidine groups is 1. The molecule has 0 aromatic rings. The van der Waals surface area contributed by atoms with E-state index in [-0.39, 0.29) is 34.3 Å². The smallest absolute Gasteiger partial charge is 0.191 e. The van der Waals surface area contributed by atoms with Crippen molar-refractivity contribution in [2.45, 2.75) is 44.0 Å². The Hall–Kier alpha value is 0.310. The molecule has 1 rings (SSSR count). The highest BCUT2D eigenvalue weighted by atomic mass is 127. The average molecular weight is 401 g/mol. The molecular formula is C13H28IN3OS. The quantitative estimate of drug-likeness (QED) is 0.422. The molecule has 1 aliphatic rings. The molecule has 1 heterocycles. The van der Waals surface area contributed by atoms with E-state index in [1.54, 1.807) is 7.05 Å². The van der Waals surface area contributed by atoms with E-state index < -0.39 is 0 Å². The van der Waals surface area contributed by atoms with Crippen LogP contribution in [0.5, 0.6) is 0 Å². The predicted octanol–water partition coefficient (Wildman–Crippen LogP) is 2.48. The molecule has 2 N–H and O–H groups in total. The van der Waals surface area contributed by atoms with Gasteiger partial charge in [0, 0.05) is 31.5 Å². The minimum atomic E-state index is -0.0351. The lowest BCUT2D eigenvalue weighted by Gasteiger charge is -2.27. The molecule has 1 atom stereocenters. The van der Waals surface area contributed by atoms with Crippen molar-refractivity contribution in [3.63, 3.8) is 0 Å². The van der Waals surface area contributed by atoms with Crippen LogP contribution in [0, 0.1) is 0 Å². The van der Waals surface area contributed by atoms with Crippen LogP contribution in [-0.2, 0) is 4.74 Å². The first-order valence-corrected chi connectivity index (χ1v) is 7.77. The summed E-state index contributed by atoms with van der Waals surface area (Å²) in [6.07, 6.45) is 4.41. The van der Waals surface area contributed by atoms with E-state index in [0.29, 0.717) is 0 Å². The summed E-state index contributed by atoms with van der Waals surface area (Å²) in [6, 6.07) is 0. The van der Waals surface area contributed by atoms with Crippen molar-refractivity contribution in [1.82, 2.24) is 10.6 Å². The van der Waals surface area contributed by atoms with E-state index in [2.05, 4.69) is 42.7 Å². The topological polar surface area (TPSA) is 45.7 Å². The minimum absolute atomic E-state index is 0. The van der Waals surface area contributed by atoms with Gasteiger partial charge in [0.25, 0.3) is 0 Å². The van der Waals surface area contributed by atoms with E-state index in [0.717, 1.165) is 38.5 Å². The van der Waals surface area contributed by atoms with Gasteiger partial charge in [0.2, 0.25) is 0 Å². The molecule has 0 radical (unpaired) electrons. The Balaban J connectivity index is 0.00000324. The molecule has 0 aromatic carbocycles. The number of ether oxygens (including phenoxy) is 1. The largest absolute Gasteiger partial charge is 0.373 e. The van der Waals surface area contributed by atoms with Gasteiger partial charge in [-0.3, -0.25) is 4.99 Å². The Morgan fingerprint density at radius 2 is 2.11 bits per heavy atom. The van der Waals surface area contributed by atoms with Crippen LogP contribution in [0.15, 0.2) is 4.99 Å². The molecule has 6 heteroatoms. The molecule has 114 valence electrons. The Kier molecular flexibility index (Phi) is 8.70. The Morgan fingerprint density at radius 3 is 2.58 bits per heavy atom. The van der Waals surface area contributed by atoms with E-state index in [4.69, 9.17) is 4.74 Å². The number of thioether (sulfide) groups is 1. The second-order valence-electron chi connectivity index (χ2n) is 5.65. The molecule has 4 nitrogen and oxygen atoms in total. The second-order valence-corrected chi connectivity index (χ2v) is 7.16. The molecular weight excluding hydrogens is 373 g/mol. The van der Waals surface area contributed by atoms with Crippen LogP contribution in [-0.4, -0.2) is 49.3 Å². The van der Waals surface area contributed by atoms with Crippen molar-refractivity contribution < 1.29 is 4.74 Å². The van der Waals surface area contributed by atoms with Gasteiger partial charge in [-0.1, -0.05) is 0 Å². The molecule has 1 unspecified atom stereocenters. The highest BCUT2D eigenvalue weighted by molar-refractivity contribution is 14.0. The number of halogens is 1. The third-order valence-electron chi connectivity index (χ3n) is 3.39. The van der Waals surface area contributed by atoms with E-state index >= 15 is 0 Å². The fourth-order valence-electron chi connectivity index (χ4n) is 1.84. The monoisotopic (exact) mass is 401 g/mol. The van der Waals surface area contributed by atoms with E-state index in [9.17, 15) is 0 Å². The van der Waals surface area contributed by atoms with E-state index in [1.165, 1.54) is 0 Å². The van der Waals surface area contributed by atoms with Gasteiger partial charge in [0.1, 0.15) is 0 Å². The number of hydrogen-bond donors (Lipinski definition) is 2. The second kappa shape index (κ2) is 8.56. The van der Waals surface area contributed by atoms with Crippen LogP contribution >= 0.6 is 35.7 Å². The molecule has 19 heavy (non-hydrogen) atoms. The highest BCUT2D eigenvalue weighted by Crippen LogP contribution is 2.23. The normalized spacial score (nSPS) is 23.9. The zero-order valence-corrected chi connectivity index (χ0v) is 15.9. The summed E-state index contributed by atoms with van der Waals surface area (Å²) >= 11 is 1.85. The van der Waals surface area contributed by atoms with E-state index in [1.807, 2.05) is 11.8 Å². The molecule has 1 fully saturated rings. The van der Waals surface area contributed by atoms with Crippen molar-refractivity contribution in [2.24, 2.45) is 4.99 Å². The lowest BCUT2D eigenvalue weighted by molar-refractivity contribution is 0.0243. The Labute approximate surface area is 138 Å². The van der Waals surface area contributed by atoms with Gasteiger partial charge in [0.15, 0.2) is 5.96 Å². The standard InChI is InChI=1S/C13H27N3OS.HI/c1-12(2,18-5)9-15-11(14-4)16-10-13(3)7-6-8-17-13;/h6-10H2,1-5H3,(H2,14,15,16);1H. The summed E-state index contributed by atoms with van der Waals surface area (Å²) in [6.45, 7) is 9.19. The van der Waals surface area contributed by atoms with Gasteiger partial charge < -0.3 is 15.4 Å². The van der Waals surface area contributed by atoms with Gasteiger partial charge in [-0.25, -0.2) is 0 Å². The van der Waals surface area contributed by atoms with Crippen molar-refractivity contribution in [3.8, 4) is 0 Å². The molecule has 1 aliphatic heterocycles. The van der Waals surface area contributed by atoms with Crippen molar-refractivity contribution in [1.29, 1.82) is 0 Å². The number of rotatable bonds is 5. The summed E-state index contributed by atoms with van der Waals surface area (Å²) in [5.74, 6) is 0.855. The van der Waals surface area contributed by atoms with Crippen LogP contribution in [0.3, 0.4) is 0 Å². The van der Waals surface area contributed by atoms with Crippen molar-refractivity contribution in [2.75, 3.05) is 33.0 Å².